The van der Waals surface area contributed by atoms with Gasteiger partial charge in [-0.05, 0) is 31.9 Å². The summed E-state index contributed by atoms with van der Waals surface area (Å²) in [5.41, 5.74) is 0. The first-order valence-corrected chi connectivity index (χ1v) is 5.35. The Morgan fingerprint density at radius 3 is 2.00 bits per heavy atom. The predicted molar refractivity (Wildman–Crippen MR) is 60.5 cm³/mol. The Bertz CT molecular complexity index is 153. The molecule has 1 nitrogen and oxygen atoms in total. The molecule has 13 heavy (non-hydrogen) atoms. The van der Waals surface area contributed by atoms with Crippen molar-refractivity contribution in [2.75, 3.05) is 19.6 Å². The summed E-state index contributed by atoms with van der Waals surface area (Å²) >= 11 is 0. The van der Waals surface area contributed by atoms with Gasteiger partial charge in [-0.1, -0.05) is 20.4 Å². The van der Waals surface area contributed by atoms with E-state index in [9.17, 15) is 0 Å². The maximum Gasteiger partial charge on any atom is 0.101 e. The Labute approximate surface area is 83.3 Å². The van der Waals surface area contributed by atoms with Crippen LogP contribution in [-0.2, 0) is 0 Å². The highest BCUT2D eigenvalue weighted by Crippen LogP contribution is 2.11. The fraction of sp³-hybridized carbons (Fsp3) is 0.667. The molecule has 0 radical (unpaired) electrons. The van der Waals surface area contributed by atoms with E-state index in [2.05, 4.69) is 39.6 Å². The average molecular weight is 182 g/mol. The summed E-state index contributed by atoms with van der Waals surface area (Å²) in [4.78, 5) is 0. The smallest absolute Gasteiger partial charge is 0.101 e. The number of nitrogens with zero attached hydrogens (tertiary/aromatic N) is 1. The topological polar surface area (TPSA) is 0 Å². The molecule has 0 atom stereocenters. The Morgan fingerprint density at radius 2 is 1.69 bits per heavy atom. The highest BCUT2D eigenvalue weighted by atomic mass is 15.3. The molecule has 0 aliphatic carbocycles. The highest BCUT2D eigenvalue weighted by Gasteiger charge is 2.19. The Morgan fingerprint density at radius 1 is 1.15 bits per heavy atom. The van der Waals surface area contributed by atoms with Crippen LogP contribution in [-0.4, -0.2) is 24.1 Å². The van der Waals surface area contributed by atoms with Crippen molar-refractivity contribution < 1.29 is 4.48 Å². The molecule has 0 saturated carbocycles. The fourth-order valence-electron chi connectivity index (χ4n) is 1.97. The predicted octanol–water partition coefficient (Wildman–Crippen LogP) is 3.34. The fourth-order valence-corrected chi connectivity index (χ4v) is 1.97. The van der Waals surface area contributed by atoms with Gasteiger partial charge in [-0.2, -0.15) is 0 Å². The maximum atomic E-state index is 3.84. The van der Waals surface area contributed by atoms with E-state index in [1.165, 1.54) is 25.9 Å². The molecule has 1 heteroatoms. The molecule has 0 fully saturated rings. The molecule has 0 aliphatic rings. The van der Waals surface area contributed by atoms with E-state index in [1.54, 1.807) is 0 Å². The Balaban J connectivity index is 4.46. The van der Waals surface area contributed by atoms with Crippen LogP contribution in [0.3, 0.4) is 0 Å². The van der Waals surface area contributed by atoms with E-state index in [-0.39, 0.29) is 0 Å². The second kappa shape index (κ2) is 6.90. The zero-order chi connectivity index (χ0) is 10.2. The molecule has 0 amide bonds. The minimum Gasteiger partial charge on any atom is -0.294 e. The highest BCUT2D eigenvalue weighted by molar-refractivity contribution is 4.74. The normalized spacial score (nSPS) is 12.2. The number of quaternary nitrogens is 1. The van der Waals surface area contributed by atoms with Crippen molar-refractivity contribution in [1.29, 1.82) is 0 Å². The van der Waals surface area contributed by atoms with E-state index in [0.29, 0.717) is 0 Å². The molecule has 76 valence electrons. The van der Waals surface area contributed by atoms with Gasteiger partial charge < -0.3 is 0 Å². The molecule has 0 saturated heterocycles. The molecular formula is C12H24N+. The summed E-state index contributed by atoms with van der Waals surface area (Å²) in [5.74, 6) is 0. The van der Waals surface area contributed by atoms with Gasteiger partial charge in [0, 0.05) is 0 Å². The van der Waals surface area contributed by atoms with Crippen molar-refractivity contribution in [2.24, 2.45) is 0 Å². The zero-order valence-corrected chi connectivity index (χ0v) is 9.42. The average Bonchev–Trinajstić information content (AvgIpc) is 2.06. The van der Waals surface area contributed by atoms with Gasteiger partial charge in [0.2, 0.25) is 0 Å². The van der Waals surface area contributed by atoms with Crippen molar-refractivity contribution in [1.82, 2.24) is 0 Å². The largest absolute Gasteiger partial charge is 0.294 e. The van der Waals surface area contributed by atoms with Gasteiger partial charge in [-0.3, -0.25) is 4.48 Å². The van der Waals surface area contributed by atoms with Crippen molar-refractivity contribution in [2.45, 2.75) is 33.6 Å². The van der Waals surface area contributed by atoms with Crippen LogP contribution < -0.4 is 0 Å². The van der Waals surface area contributed by atoms with Crippen molar-refractivity contribution in [3.8, 4) is 0 Å². The lowest BCUT2D eigenvalue weighted by Gasteiger charge is -2.33. The van der Waals surface area contributed by atoms with Crippen LogP contribution in [0.15, 0.2) is 24.9 Å². The molecule has 0 heterocycles. The second-order valence-corrected chi connectivity index (χ2v) is 3.62. The van der Waals surface area contributed by atoms with Crippen LogP contribution in [0.25, 0.3) is 0 Å². The quantitative estimate of drug-likeness (QED) is 0.418. The molecule has 0 aromatic carbocycles. The van der Waals surface area contributed by atoms with Gasteiger partial charge in [-0.15, -0.1) is 0 Å². The van der Waals surface area contributed by atoms with E-state index >= 15 is 0 Å². The zero-order valence-electron chi connectivity index (χ0n) is 9.42. The third-order valence-electron chi connectivity index (χ3n) is 2.30. The van der Waals surface area contributed by atoms with Gasteiger partial charge in [-0.25, -0.2) is 0 Å². The van der Waals surface area contributed by atoms with E-state index in [4.69, 9.17) is 0 Å². The van der Waals surface area contributed by atoms with Crippen molar-refractivity contribution >= 4 is 0 Å². The first-order valence-electron chi connectivity index (χ1n) is 5.35. The lowest BCUT2D eigenvalue weighted by atomic mass is 10.2. The van der Waals surface area contributed by atoms with Gasteiger partial charge in [0.25, 0.3) is 0 Å². The number of hydrogen-bond donors (Lipinski definition) is 0. The monoisotopic (exact) mass is 182 g/mol. The van der Waals surface area contributed by atoms with Gasteiger partial charge in [0.1, 0.15) is 6.54 Å². The minimum atomic E-state index is 1.06. The SMILES string of the molecule is C=CC[N+](C=CC)(CCC)CCC. The van der Waals surface area contributed by atoms with Crippen LogP contribution in [0, 0.1) is 0 Å². The van der Waals surface area contributed by atoms with E-state index in [0.717, 1.165) is 11.0 Å². The molecule has 0 rings (SSSR count). The summed E-state index contributed by atoms with van der Waals surface area (Å²) in [7, 11) is 0. The number of allylic oxidation sites excluding steroid dienone is 1. The molecular weight excluding hydrogens is 158 g/mol. The van der Waals surface area contributed by atoms with Crippen LogP contribution in [0.1, 0.15) is 33.6 Å². The van der Waals surface area contributed by atoms with Crippen LogP contribution >= 0.6 is 0 Å². The maximum absolute atomic E-state index is 3.84. The lowest BCUT2D eigenvalue weighted by Crippen LogP contribution is -2.44. The first kappa shape index (κ1) is 12.4. The summed E-state index contributed by atoms with van der Waals surface area (Å²) in [5, 5.41) is 0. The lowest BCUT2D eigenvalue weighted by molar-refractivity contribution is -0.873. The molecule has 0 aromatic heterocycles. The molecule has 0 spiro atoms. The second-order valence-electron chi connectivity index (χ2n) is 3.62. The molecule has 0 aromatic rings. The van der Waals surface area contributed by atoms with E-state index in [1.807, 2.05) is 6.08 Å². The third kappa shape index (κ3) is 4.28. The third-order valence-corrected chi connectivity index (χ3v) is 2.30. The standard InChI is InChI=1S/C12H24N/c1-5-9-13(10-6-2,11-7-3)12-8-4/h5-6,10H,1,7-9,11-12H2,2-4H3/q+1. The van der Waals surface area contributed by atoms with Crippen LogP contribution in [0.2, 0.25) is 0 Å². The number of rotatable bonds is 7. The van der Waals surface area contributed by atoms with E-state index < -0.39 is 0 Å². The van der Waals surface area contributed by atoms with Crippen molar-refractivity contribution in [3.05, 3.63) is 24.9 Å². The molecule has 0 N–H and O–H groups in total. The summed E-state index contributed by atoms with van der Waals surface area (Å²) in [6.07, 6.45) is 8.98. The molecule has 0 unspecified atom stereocenters. The Kier molecular flexibility index (Phi) is 6.61. The van der Waals surface area contributed by atoms with Gasteiger partial charge in [0.05, 0.1) is 19.3 Å². The first-order chi connectivity index (χ1) is 6.24. The van der Waals surface area contributed by atoms with Gasteiger partial charge >= 0.3 is 0 Å². The van der Waals surface area contributed by atoms with Crippen LogP contribution in [0.5, 0.6) is 0 Å². The number of hydrogen-bond acceptors (Lipinski definition) is 0. The molecule has 0 bridgehead atoms. The summed E-state index contributed by atoms with van der Waals surface area (Å²) < 4.78 is 1.08. The van der Waals surface area contributed by atoms with Crippen molar-refractivity contribution in [3.63, 3.8) is 0 Å². The molecule has 0 aliphatic heterocycles. The Hall–Kier alpha value is -0.560. The summed E-state index contributed by atoms with van der Waals surface area (Å²) in [6, 6.07) is 0. The van der Waals surface area contributed by atoms with Crippen LogP contribution in [0.4, 0.5) is 0 Å². The summed E-state index contributed by atoms with van der Waals surface area (Å²) in [6.45, 7) is 13.9. The van der Waals surface area contributed by atoms with Gasteiger partial charge in [0.15, 0.2) is 0 Å². The minimum absolute atomic E-state index is 1.06.